The van der Waals surface area contributed by atoms with Gasteiger partial charge in [0.15, 0.2) is 10.4 Å². The van der Waals surface area contributed by atoms with Gasteiger partial charge in [-0.3, -0.25) is 9.59 Å². The van der Waals surface area contributed by atoms with Crippen molar-refractivity contribution in [3.8, 4) is 16.9 Å². The minimum absolute atomic E-state index is 0.131. The molecule has 0 spiro atoms. The van der Waals surface area contributed by atoms with Crippen LogP contribution in [0.25, 0.3) is 22.0 Å². The third kappa shape index (κ3) is 4.62. The van der Waals surface area contributed by atoms with E-state index in [4.69, 9.17) is 14.3 Å². The number of ether oxygens (including phenoxy) is 1. The van der Waals surface area contributed by atoms with E-state index in [2.05, 4.69) is 36.8 Å². The fourth-order valence-corrected chi connectivity index (χ4v) is 5.69. The van der Waals surface area contributed by atoms with Crippen LogP contribution in [0.15, 0.2) is 108 Å². The molecule has 0 saturated heterocycles. The number of nitrogens with zero attached hydrogens (tertiary/aromatic N) is 2. The molecular formula is C30H21Br2N3O4. The largest absolute Gasteiger partial charge is 0.496 e. The molecule has 1 unspecified atom stereocenters. The van der Waals surface area contributed by atoms with Gasteiger partial charge in [-0.25, -0.2) is 5.01 Å². The first-order valence-corrected chi connectivity index (χ1v) is 13.7. The van der Waals surface area contributed by atoms with Gasteiger partial charge >= 0.3 is 5.91 Å². The van der Waals surface area contributed by atoms with Crippen molar-refractivity contribution in [1.29, 1.82) is 0 Å². The molecule has 0 bridgehead atoms. The van der Waals surface area contributed by atoms with E-state index in [0.717, 1.165) is 26.5 Å². The van der Waals surface area contributed by atoms with Gasteiger partial charge in [-0.2, -0.15) is 5.10 Å². The third-order valence-corrected chi connectivity index (χ3v) is 7.65. The molecular weight excluding hydrogens is 626 g/mol. The molecule has 3 heterocycles. The van der Waals surface area contributed by atoms with Gasteiger partial charge in [0.2, 0.25) is 0 Å². The van der Waals surface area contributed by atoms with Crippen LogP contribution in [0.2, 0.25) is 0 Å². The molecule has 0 saturated carbocycles. The summed E-state index contributed by atoms with van der Waals surface area (Å²) >= 11 is 6.85. The average Bonchev–Trinajstić information content (AvgIpc) is 3.59. The van der Waals surface area contributed by atoms with Crippen molar-refractivity contribution in [3.63, 3.8) is 0 Å². The fourth-order valence-electron chi connectivity index (χ4n) is 5.02. The Morgan fingerprint density at radius 3 is 2.51 bits per heavy atom. The van der Waals surface area contributed by atoms with Crippen LogP contribution in [0.4, 0.5) is 0 Å². The van der Waals surface area contributed by atoms with Gasteiger partial charge in [0.1, 0.15) is 5.75 Å². The summed E-state index contributed by atoms with van der Waals surface area (Å²) in [5.74, 6) is 0.330. The van der Waals surface area contributed by atoms with Crippen molar-refractivity contribution < 1.29 is 13.9 Å². The summed E-state index contributed by atoms with van der Waals surface area (Å²) in [6.45, 7) is 0. The summed E-state index contributed by atoms with van der Waals surface area (Å²) in [7, 11) is 1.59. The molecule has 1 N–H and O–H groups in total. The minimum Gasteiger partial charge on any atom is -0.496 e. The fraction of sp³-hybridized carbons (Fsp3) is 0.100. The standard InChI is InChI=1S/C30H21Br2N3O4/c1-38-24-10-6-5-9-19(24)23-16-22(34-35(23)30(37)25-13-14-26(32)39-25)28-27(17-7-3-2-4-8-17)20-15-18(31)11-12-21(20)33-29(28)36/h2-15,23H,16H2,1H3,(H,33,36). The number of methoxy groups -OCH3 is 1. The lowest BCUT2D eigenvalue weighted by molar-refractivity contribution is 0.0675. The molecule has 1 aliphatic rings. The number of fused-ring (bicyclic) bond motifs is 1. The SMILES string of the molecule is COc1ccccc1C1CC(c2c(-c3ccccc3)c3cc(Br)ccc3[nH]c2=O)=NN1C(=O)c1ccc(Br)o1. The number of hydrogen-bond acceptors (Lipinski definition) is 5. The maximum Gasteiger partial charge on any atom is 0.310 e. The van der Waals surface area contributed by atoms with Gasteiger partial charge in [0.05, 0.1) is 24.4 Å². The van der Waals surface area contributed by atoms with Crippen molar-refractivity contribution in [2.45, 2.75) is 12.5 Å². The summed E-state index contributed by atoms with van der Waals surface area (Å²) in [5, 5.41) is 7.04. The van der Waals surface area contributed by atoms with E-state index in [1.807, 2.05) is 72.8 Å². The number of carbonyl (C=O) groups excluding carboxylic acids is 1. The van der Waals surface area contributed by atoms with E-state index in [0.29, 0.717) is 33.6 Å². The van der Waals surface area contributed by atoms with Gasteiger partial charge in [0.25, 0.3) is 5.56 Å². The van der Waals surface area contributed by atoms with E-state index in [9.17, 15) is 9.59 Å². The monoisotopic (exact) mass is 645 g/mol. The smallest absolute Gasteiger partial charge is 0.310 e. The lowest BCUT2D eigenvalue weighted by Crippen LogP contribution is -2.27. The number of para-hydroxylation sites is 1. The Labute approximate surface area is 240 Å². The van der Waals surface area contributed by atoms with Gasteiger partial charge in [-0.15, -0.1) is 0 Å². The maximum absolute atomic E-state index is 13.7. The molecule has 39 heavy (non-hydrogen) atoms. The van der Waals surface area contributed by atoms with E-state index in [1.54, 1.807) is 19.2 Å². The quantitative estimate of drug-likeness (QED) is 0.217. The molecule has 1 amide bonds. The van der Waals surface area contributed by atoms with Crippen LogP contribution in [0.3, 0.4) is 0 Å². The Bertz CT molecular complexity index is 1810. The Balaban J connectivity index is 1.58. The van der Waals surface area contributed by atoms with E-state index < -0.39 is 11.9 Å². The highest BCUT2D eigenvalue weighted by Gasteiger charge is 2.38. The lowest BCUT2D eigenvalue weighted by Gasteiger charge is -2.22. The summed E-state index contributed by atoms with van der Waals surface area (Å²) in [6.07, 6.45) is 0.302. The number of hydrogen-bond donors (Lipinski definition) is 1. The average molecular weight is 647 g/mol. The van der Waals surface area contributed by atoms with Crippen LogP contribution < -0.4 is 10.3 Å². The summed E-state index contributed by atoms with van der Waals surface area (Å²) < 4.78 is 12.5. The van der Waals surface area contributed by atoms with Crippen LogP contribution in [-0.2, 0) is 0 Å². The van der Waals surface area contributed by atoms with Gasteiger partial charge in [-0.1, -0.05) is 64.5 Å². The number of amides is 1. The Morgan fingerprint density at radius 1 is 1.00 bits per heavy atom. The van der Waals surface area contributed by atoms with Gasteiger partial charge in [-0.05, 0) is 57.9 Å². The van der Waals surface area contributed by atoms with Crippen LogP contribution in [-0.4, -0.2) is 28.7 Å². The number of halogens is 2. The maximum atomic E-state index is 13.7. The zero-order valence-electron chi connectivity index (χ0n) is 20.7. The molecule has 2 aromatic heterocycles. The van der Waals surface area contributed by atoms with E-state index in [-0.39, 0.29) is 11.3 Å². The number of carbonyl (C=O) groups is 1. The number of rotatable bonds is 5. The Hall–Kier alpha value is -3.95. The van der Waals surface area contributed by atoms with Crippen molar-refractivity contribution in [2.75, 3.05) is 7.11 Å². The molecule has 3 aromatic carbocycles. The van der Waals surface area contributed by atoms with Crippen molar-refractivity contribution in [1.82, 2.24) is 9.99 Å². The zero-order chi connectivity index (χ0) is 27.1. The number of aromatic amines is 1. The Kier molecular flexibility index (Phi) is 6.70. The van der Waals surface area contributed by atoms with Gasteiger partial charge < -0.3 is 14.1 Å². The highest BCUT2D eigenvalue weighted by atomic mass is 79.9. The highest BCUT2D eigenvalue weighted by molar-refractivity contribution is 9.10. The molecule has 1 atom stereocenters. The summed E-state index contributed by atoms with van der Waals surface area (Å²) in [5.41, 5.74) is 3.74. The molecule has 0 aliphatic carbocycles. The van der Waals surface area contributed by atoms with Crippen LogP contribution in [0, 0.1) is 0 Å². The molecule has 0 radical (unpaired) electrons. The van der Waals surface area contributed by atoms with E-state index >= 15 is 0 Å². The number of H-pyrrole nitrogens is 1. The van der Waals surface area contributed by atoms with E-state index in [1.165, 1.54) is 5.01 Å². The molecule has 6 rings (SSSR count). The van der Waals surface area contributed by atoms with Crippen molar-refractivity contribution in [3.05, 3.63) is 121 Å². The second-order valence-electron chi connectivity index (χ2n) is 9.02. The number of pyridine rings is 1. The molecule has 0 fully saturated rings. The number of furan rings is 1. The Morgan fingerprint density at radius 2 is 1.77 bits per heavy atom. The normalized spacial score (nSPS) is 15.0. The molecule has 5 aromatic rings. The number of benzene rings is 3. The zero-order valence-corrected chi connectivity index (χ0v) is 23.8. The van der Waals surface area contributed by atoms with Crippen LogP contribution >= 0.6 is 31.9 Å². The predicted molar refractivity (Wildman–Crippen MR) is 157 cm³/mol. The lowest BCUT2D eigenvalue weighted by atomic mass is 9.91. The van der Waals surface area contributed by atoms with Crippen LogP contribution in [0.5, 0.6) is 5.75 Å². The first-order chi connectivity index (χ1) is 18.9. The molecule has 9 heteroatoms. The first-order valence-electron chi connectivity index (χ1n) is 12.1. The second-order valence-corrected chi connectivity index (χ2v) is 10.7. The topological polar surface area (TPSA) is 87.9 Å². The first kappa shape index (κ1) is 25.3. The number of hydrazone groups is 1. The highest BCUT2D eigenvalue weighted by Crippen LogP contribution is 2.40. The molecule has 1 aliphatic heterocycles. The van der Waals surface area contributed by atoms with Crippen molar-refractivity contribution >= 4 is 54.4 Å². The number of aromatic nitrogens is 1. The van der Waals surface area contributed by atoms with Gasteiger partial charge in [0, 0.05) is 32.9 Å². The summed E-state index contributed by atoms with van der Waals surface area (Å²) in [6, 6.07) is 25.7. The number of nitrogens with one attached hydrogen (secondary N) is 1. The molecule has 7 nitrogen and oxygen atoms in total. The summed E-state index contributed by atoms with van der Waals surface area (Å²) in [4.78, 5) is 30.4. The predicted octanol–water partition coefficient (Wildman–Crippen LogP) is 7.31. The second kappa shape index (κ2) is 10.3. The van der Waals surface area contributed by atoms with Crippen LogP contribution in [0.1, 0.15) is 34.1 Å². The minimum atomic E-state index is -0.520. The van der Waals surface area contributed by atoms with Crippen molar-refractivity contribution in [2.24, 2.45) is 5.10 Å². The molecule has 194 valence electrons. The third-order valence-electron chi connectivity index (χ3n) is 6.73.